The molecule has 0 aliphatic carbocycles. The van der Waals surface area contributed by atoms with E-state index in [0.29, 0.717) is 12.4 Å². The van der Waals surface area contributed by atoms with E-state index in [2.05, 4.69) is 29.0 Å². The number of anilines is 1. The summed E-state index contributed by atoms with van der Waals surface area (Å²) in [5.74, 6) is 0.412. The number of benzene rings is 1. The number of hydrogen-bond acceptors (Lipinski definition) is 5. The molecule has 6 heteroatoms. The minimum absolute atomic E-state index is 0.0655. The number of hydrogen-bond donors (Lipinski definition) is 4. The van der Waals surface area contributed by atoms with Crippen molar-refractivity contribution in [2.45, 2.75) is 24.4 Å². The molecule has 2 rings (SSSR count). The average Bonchev–Trinajstić information content (AvgIpc) is 3.07. The number of amidine groups is 1. The third-order valence-electron chi connectivity index (χ3n) is 3.23. The Balaban J connectivity index is 2.10. The first-order chi connectivity index (χ1) is 10.6. The second kappa shape index (κ2) is 8.33. The van der Waals surface area contributed by atoms with Crippen LogP contribution in [0.25, 0.3) is 0 Å². The molecule has 0 bridgehead atoms. The first kappa shape index (κ1) is 17.0. The number of rotatable bonds is 7. The van der Waals surface area contributed by atoms with Gasteiger partial charge >= 0.3 is 0 Å². The summed E-state index contributed by atoms with van der Waals surface area (Å²) in [6.07, 6.45) is 2.05. The highest BCUT2D eigenvalue weighted by atomic mass is 32.2. The lowest BCUT2D eigenvalue weighted by atomic mass is 10.2. The molecule has 2 aromatic rings. The predicted octanol–water partition coefficient (Wildman–Crippen LogP) is 3.38. The Kier molecular flexibility index (Phi) is 6.45. The van der Waals surface area contributed by atoms with Gasteiger partial charge < -0.3 is 15.7 Å². The Morgan fingerprint density at radius 3 is 2.86 bits per heavy atom. The summed E-state index contributed by atoms with van der Waals surface area (Å²) in [6.45, 7) is 2.77. The van der Waals surface area contributed by atoms with Gasteiger partial charge in [0.25, 0.3) is 0 Å². The summed E-state index contributed by atoms with van der Waals surface area (Å²) in [7, 11) is 0. The molecule has 0 radical (unpaired) electrons. The summed E-state index contributed by atoms with van der Waals surface area (Å²) < 4.78 is 0. The van der Waals surface area contributed by atoms with Crippen molar-refractivity contribution in [3.05, 3.63) is 46.2 Å². The molecule has 118 valence electrons. The molecule has 0 saturated heterocycles. The Morgan fingerprint density at radius 1 is 1.41 bits per heavy atom. The molecule has 0 unspecified atom stereocenters. The van der Waals surface area contributed by atoms with Crippen molar-refractivity contribution in [1.29, 1.82) is 5.41 Å². The SMILES string of the molecule is CSc1ccc(NC(=N)c2cccs2)cc1CN[C@@H](C)CO. The summed E-state index contributed by atoms with van der Waals surface area (Å²) in [5.41, 5.74) is 2.07. The fraction of sp³-hybridized carbons (Fsp3) is 0.312. The molecule has 1 aromatic carbocycles. The molecule has 4 nitrogen and oxygen atoms in total. The van der Waals surface area contributed by atoms with Crippen LogP contribution in [0, 0.1) is 5.41 Å². The van der Waals surface area contributed by atoms with Crippen molar-refractivity contribution < 1.29 is 5.11 Å². The van der Waals surface area contributed by atoms with Gasteiger partial charge in [0.2, 0.25) is 0 Å². The van der Waals surface area contributed by atoms with Crippen LogP contribution in [-0.2, 0) is 6.54 Å². The predicted molar refractivity (Wildman–Crippen MR) is 96.4 cm³/mol. The van der Waals surface area contributed by atoms with Crippen LogP contribution < -0.4 is 10.6 Å². The maximum Gasteiger partial charge on any atom is 0.140 e. The zero-order valence-electron chi connectivity index (χ0n) is 12.7. The van der Waals surface area contributed by atoms with Crippen LogP contribution in [-0.4, -0.2) is 29.8 Å². The van der Waals surface area contributed by atoms with Gasteiger partial charge in [-0.2, -0.15) is 0 Å². The van der Waals surface area contributed by atoms with Crippen LogP contribution in [0.15, 0.2) is 40.6 Å². The minimum atomic E-state index is 0.0655. The van der Waals surface area contributed by atoms with Gasteiger partial charge in [0.1, 0.15) is 5.84 Å². The van der Waals surface area contributed by atoms with E-state index in [1.807, 2.05) is 30.5 Å². The molecule has 22 heavy (non-hydrogen) atoms. The molecule has 1 atom stereocenters. The average molecular weight is 335 g/mol. The van der Waals surface area contributed by atoms with Crippen molar-refractivity contribution in [2.24, 2.45) is 0 Å². The second-order valence-electron chi connectivity index (χ2n) is 4.97. The molecule has 0 fully saturated rings. The van der Waals surface area contributed by atoms with Crippen molar-refractivity contribution >= 4 is 34.6 Å². The standard InChI is InChI=1S/C16H21N3OS2/c1-11(10-20)18-9-12-8-13(5-6-14(12)21-2)19-16(17)15-4-3-7-22-15/h3-8,11,18,20H,9-10H2,1-2H3,(H2,17,19)/t11-/m0/s1. The molecule has 1 aromatic heterocycles. The van der Waals surface area contributed by atoms with E-state index >= 15 is 0 Å². The zero-order chi connectivity index (χ0) is 15.9. The van der Waals surface area contributed by atoms with Gasteiger partial charge in [-0.25, -0.2) is 0 Å². The number of aliphatic hydroxyl groups is 1. The van der Waals surface area contributed by atoms with Crippen molar-refractivity contribution in [1.82, 2.24) is 5.32 Å². The lowest BCUT2D eigenvalue weighted by Crippen LogP contribution is -2.28. The highest BCUT2D eigenvalue weighted by Gasteiger charge is 2.08. The lowest BCUT2D eigenvalue weighted by molar-refractivity contribution is 0.251. The quantitative estimate of drug-likeness (QED) is 0.356. The second-order valence-corrected chi connectivity index (χ2v) is 6.76. The first-order valence-electron chi connectivity index (χ1n) is 7.04. The Hall–Kier alpha value is -1.34. The van der Waals surface area contributed by atoms with Gasteiger partial charge in [-0.05, 0) is 48.4 Å². The fourth-order valence-corrected chi connectivity index (χ4v) is 3.20. The van der Waals surface area contributed by atoms with Crippen LogP contribution >= 0.6 is 23.1 Å². The lowest BCUT2D eigenvalue weighted by Gasteiger charge is -2.15. The molecular weight excluding hydrogens is 314 g/mol. The molecule has 4 N–H and O–H groups in total. The normalized spacial score (nSPS) is 12.1. The zero-order valence-corrected chi connectivity index (χ0v) is 14.4. The third kappa shape index (κ3) is 4.58. The van der Waals surface area contributed by atoms with Crippen LogP contribution in [0.4, 0.5) is 5.69 Å². The number of aliphatic hydroxyl groups excluding tert-OH is 1. The molecule has 0 aliphatic rings. The molecule has 0 spiro atoms. The number of nitrogens with one attached hydrogen (secondary N) is 3. The van der Waals surface area contributed by atoms with Gasteiger partial charge in [-0.15, -0.1) is 23.1 Å². The van der Waals surface area contributed by atoms with Gasteiger partial charge in [0.05, 0.1) is 11.5 Å². The molecular formula is C16H21N3OS2. The Bertz CT molecular complexity index is 614. The molecule has 0 amide bonds. The fourth-order valence-electron chi connectivity index (χ4n) is 1.97. The maximum absolute atomic E-state index is 9.11. The van der Waals surface area contributed by atoms with E-state index in [4.69, 9.17) is 10.5 Å². The van der Waals surface area contributed by atoms with E-state index in [1.54, 1.807) is 23.1 Å². The van der Waals surface area contributed by atoms with E-state index < -0.39 is 0 Å². The monoisotopic (exact) mass is 335 g/mol. The van der Waals surface area contributed by atoms with Gasteiger partial charge in [-0.3, -0.25) is 5.41 Å². The highest BCUT2D eigenvalue weighted by Crippen LogP contribution is 2.24. The minimum Gasteiger partial charge on any atom is -0.395 e. The van der Waals surface area contributed by atoms with Crippen molar-refractivity contribution in [3.63, 3.8) is 0 Å². The summed E-state index contributed by atoms with van der Waals surface area (Å²) in [4.78, 5) is 2.12. The van der Waals surface area contributed by atoms with Crippen LogP contribution in [0.2, 0.25) is 0 Å². The van der Waals surface area contributed by atoms with E-state index in [0.717, 1.165) is 16.1 Å². The Morgan fingerprint density at radius 2 is 2.23 bits per heavy atom. The topological polar surface area (TPSA) is 68.1 Å². The van der Waals surface area contributed by atoms with Crippen LogP contribution in [0.3, 0.4) is 0 Å². The summed E-state index contributed by atoms with van der Waals surface area (Å²) >= 11 is 3.25. The van der Waals surface area contributed by atoms with Crippen LogP contribution in [0.5, 0.6) is 0 Å². The smallest absolute Gasteiger partial charge is 0.140 e. The van der Waals surface area contributed by atoms with Crippen LogP contribution in [0.1, 0.15) is 17.4 Å². The first-order valence-corrected chi connectivity index (χ1v) is 9.15. The summed E-state index contributed by atoms with van der Waals surface area (Å²) in [5, 5.41) is 25.6. The third-order valence-corrected chi connectivity index (χ3v) is 4.96. The van der Waals surface area contributed by atoms with Gasteiger partial charge in [0, 0.05) is 23.2 Å². The van der Waals surface area contributed by atoms with E-state index in [-0.39, 0.29) is 12.6 Å². The van der Waals surface area contributed by atoms with Gasteiger partial charge in [0.15, 0.2) is 0 Å². The van der Waals surface area contributed by atoms with Crippen molar-refractivity contribution in [2.75, 3.05) is 18.2 Å². The summed E-state index contributed by atoms with van der Waals surface area (Å²) in [6, 6.07) is 10.1. The Labute approximate surface area is 139 Å². The molecule has 0 saturated carbocycles. The molecule has 0 aliphatic heterocycles. The van der Waals surface area contributed by atoms with Crippen molar-refractivity contribution in [3.8, 4) is 0 Å². The van der Waals surface area contributed by atoms with E-state index in [9.17, 15) is 0 Å². The maximum atomic E-state index is 9.11. The number of thioether (sulfide) groups is 1. The van der Waals surface area contributed by atoms with E-state index in [1.165, 1.54) is 4.90 Å². The number of thiophene rings is 1. The molecule has 1 heterocycles. The largest absolute Gasteiger partial charge is 0.395 e. The highest BCUT2D eigenvalue weighted by molar-refractivity contribution is 7.98. The van der Waals surface area contributed by atoms with Gasteiger partial charge in [-0.1, -0.05) is 6.07 Å².